The predicted molar refractivity (Wildman–Crippen MR) is 111 cm³/mol. The smallest absolute Gasteiger partial charge is 0.255 e. The number of aromatic nitrogens is 6. The van der Waals surface area contributed by atoms with E-state index in [0.717, 1.165) is 11.1 Å². The molecular weight excluding hydrogens is 398 g/mol. The molecule has 4 heterocycles. The molecule has 4 aromatic rings. The lowest BCUT2D eigenvalue weighted by Gasteiger charge is -2.34. The molecule has 1 saturated heterocycles. The lowest BCUT2D eigenvalue weighted by molar-refractivity contribution is 0.0390. The maximum atomic E-state index is 12.6. The van der Waals surface area contributed by atoms with Crippen LogP contribution in [0.25, 0.3) is 22.6 Å². The molecule has 1 aliphatic rings. The SMILES string of the molecule is Cn1c(N2CCOC(c3ccc(-c4conn4)cc3)C2)nc(-c2ccncn2)cc1=O. The van der Waals surface area contributed by atoms with Crippen molar-refractivity contribution < 1.29 is 9.26 Å². The third kappa shape index (κ3) is 3.80. The molecule has 0 aliphatic carbocycles. The fourth-order valence-corrected chi connectivity index (χ4v) is 3.58. The van der Waals surface area contributed by atoms with Crippen molar-refractivity contribution in [1.29, 1.82) is 0 Å². The molecule has 156 valence electrons. The first kappa shape index (κ1) is 19.1. The third-order valence-corrected chi connectivity index (χ3v) is 5.24. The van der Waals surface area contributed by atoms with E-state index in [1.54, 1.807) is 23.9 Å². The van der Waals surface area contributed by atoms with Crippen molar-refractivity contribution in [2.45, 2.75) is 6.10 Å². The zero-order valence-electron chi connectivity index (χ0n) is 16.8. The zero-order valence-corrected chi connectivity index (χ0v) is 16.8. The van der Waals surface area contributed by atoms with E-state index in [1.807, 2.05) is 24.3 Å². The Labute approximate surface area is 177 Å². The molecule has 31 heavy (non-hydrogen) atoms. The van der Waals surface area contributed by atoms with E-state index < -0.39 is 0 Å². The Morgan fingerprint density at radius 3 is 2.71 bits per heavy atom. The van der Waals surface area contributed by atoms with Crippen LogP contribution in [0.3, 0.4) is 0 Å². The van der Waals surface area contributed by atoms with E-state index in [2.05, 4.69) is 25.2 Å². The zero-order chi connectivity index (χ0) is 21.2. The summed E-state index contributed by atoms with van der Waals surface area (Å²) < 4.78 is 12.4. The maximum Gasteiger partial charge on any atom is 0.255 e. The maximum absolute atomic E-state index is 12.6. The molecule has 3 aromatic heterocycles. The number of nitrogens with zero attached hydrogens (tertiary/aromatic N) is 7. The van der Waals surface area contributed by atoms with E-state index in [9.17, 15) is 4.79 Å². The van der Waals surface area contributed by atoms with Crippen LogP contribution in [0, 0.1) is 0 Å². The number of morpholine rings is 1. The summed E-state index contributed by atoms with van der Waals surface area (Å²) in [6.45, 7) is 1.72. The van der Waals surface area contributed by atoms with Crippen LogP contribution in [-0.4, -0.2) is 49.6 Å². The van der Waals surface area contributed by atoms with Crippen molar-refractivity contribution >= 4 is 5.95 Å². The molecule has 1 atom stereocenters. The van der Waals surface area contributed by atoms with Crippen molar-refractivity contribution in [2.24, 2.45) is 7.05 Å². The van der Waals surface area contributed by atoms with Gasteiger partial charge in [0.2, 0.25) is 5.95 Å². The Balaban J connectivity index is 1.42. The highest BCUT2D eigenvalue weighted by atomic mass is 16.5. The first-order valence-corrected chi connectivity index (χ1v) is 9.77. The average molecular weight is 417 g/mol. The molecule has 1 fully saturated rings. The van der Waals surface area contributed by atoms with Gasteiger partial charge in [0.1, 0.15) is 18.1 Å². The van der Waals surface area contributed by atoms with Crippen molar-refractivity contribution in [3.63, 3.8) is 0 Å². The monoisotopic (exact) mass is 417 g/mol. The lowest BCUT2D eigenvalue weighted by Crippen LogP contribution is -2.41. The Kier molecular flexibility index (Phi) is 4.97. The molecule has 5 rings (SSSR count). The average Bonchev–Trinajstić information content (AvgIpc) is 3.37. The van der Waals surface area contributed by atoms with E-state index in [0.29, 0.717) is 42.7 Å². The molecule has 1 unspecified atom stereocenters. The van der Waals surface area contributed by atoms with Gasteiger partial charge in [-0.15, -0.1) is 5.10 Å². The normalized spacial score (nSPS) is 16.4. The number of anilines is 1. The molecule has 0 bridgehead atoms. The summed E-state index contributed by atoms with van der Waals surface area (Å²) in [6.07, 6.45) is 4.42. The highest BCUT2D eigenvalue weighted by Crippen LogP contribution is 2.27. The van der Waals surface area contributed by atoms with Gasteiger partial charge in [0.25, 0.3) is 5.56 Å². The minimum atomic E-state index is -0.155. The van der Waals surface area contributed by atoms with Gasteiger partial charge in [-0.25, -0.2) is 15.0 Å². The number of rotatable bonds is 4. The van der Waals surface area contributed by atoms with Gasteiger partial charge in [0.15, 0.2) is 6.26 Å². The van der Waals surface area contributed by atoms with Gasteiger partial charge in [-0.3, -0.25) is 9.36 Å². The van der Waals surface area contributed by atoms with Gasteiger partial charge >= 0.3 is 0 Å². The third-order valence-electron chi connectivity index (χ3n) is 5.24. The van der Waals surface area contributed by atoms with Gasteiger partial charge in [0, 0.05) is 36.7 Å². The largest absolute Gasteiger partial charge is 0.370 e. The summed E-state index contributed by atoms with van der Waals surface area (Å²) in [5.41, 5.74) is 3.61. The van der Waals surface area contributed by atoms with Crippen LogP contribution in [-0.2, 0) is 11.8 Å². The number of benzene rings is 1. The predicted octanol–water partition coefficient (Wildman–Crippen LogP) is 1.87. The molecule has 10 nitrogen and oxygen atoms in total. The first-order chi connectivity index (χ1) is 15.2. The van der Waals surface area contributed by atoms with Crippen LogP contribution >= 0.6 is 0 Å². The van der Waals surface area contributed by atoms with Gasteiger partial charge in [-0.05, 0) is 11.6 Å². The number of hydrogen-bond donors (Lipinski definition) is 0. The summed E-state index contributed by atoms with van der Waals surface area (Å²) >= 11 is 0. The van der Waals surface area contributed by atoms with E-state index in [1.165, 1.54) is 18.7 Å². The fraction of sp³-hybridized carbons (Fsp3) is 0.238. The summed E-state index contributed by atoms with van der Waals surface area (Å²) in [4.78, 5) is 27.5. The van der Waals surface area contributed by atoms with E-state index in [-0.39, 0.29) is 11.7 Å². The van der Waals surface area contributed by atoms with Gasteiger partial charge in [-0.2, -0.15) is 0 Å². The Hall–Kier alpha value is -3.92. The standard InChI is InChI=1S/C21H19N7O3/c1-27-20(29)10-17(16-6-7-22-13-23-16)24-21(27)28-8-9-30-19(11-28)15-4-2-14(3-5-15)18-12-31-26-25-18/h2-7,10,12-13,19H,8-9,11H2,1H3. The van der Waals surface area contributed by atoms with Crippen LogP contribution in [0.2, 0.25) is 0 Å². The summed E-state index contributed by atoms with van der Waals surface area (Å²) in [7, 11) is 1.72. The van der Waals surface area contributed by atoms with Crippen molar-refractivity contribution in [1.82, 2.24) is 29.9 Å². The van der Waals surface area contributed by atoms with E-state index >= 15 is 0 Å². The quantitative estimate of drug-likeness (QED) is 0.491. The lowest BCUT2D eigenvalue weighted by atomic mass is 10.0. The molecule has 0 radical (unpaired) electrons. The Bertz CT molecular complexity index is 1220. The van der Waals surface area contributed by atoms with Crippen LogP contribution in [0.4, 0.5) is 5.95 Å². The highest BCUT2D eigenvalue weighted by molar-refractivity contribution is 5.58. The second-order valence-electron chi connectivity index (χ2n) is 7.15. The van der Waals surface area contributed by atoms with Gasteiger partial charge < -0.3 is 14.2 Å². The molecule has 0 N–H and O–H groups in total. The first-order valence-electron chi connectivity index (χ1n) is 9.77. The topological polar surface area (TPSA) is 112 Å². The molecule has 1 aromatic carbocycles. The summed E-state index contributed by atoms with van der Waals surface area (Å²) in [5, 5.41) is 7.43. The summed E-state index contributed by atoms with van der Waals surface area (Å²) in [6, 6.07) is 11.1. The number of ether oxygens (including phenoxy) is 1. The summed E-state index contributed by atoms with van der Waals surface area (Å²) in [5.74, 6) is 0.583. The van der Waals surface area contributed by atoms with Crippen molar-refractivity contribution in [3.05, 3.63) is 71.1 Å². The second kappa shape index (κ2) is 8.07. The molecular formula is C21H19N7O3. The Morgan fingerprint density at radius 1 is 1.10 bits per heavy atom. The molecule has 1 aliphatic heterocycles. The van der Waals surface area contributed by atoms with Crippen molar-refractivity contribution in [2.75, 3.05) is 24.6 Å². The van der Waals surface area contributed by atoms with E-state index in [4.69, 9.17) is 14.2 Å². The molecule has 0 saturated carbocycles. The molecule has 0 spiro atoms. The fourth-order valence-electron chi connectivity index (χ4n) is 3.58. The number of hydrogen-bond acceptors (Lipinski definition) is 9. The van der Waals surface area contributed by atoms with Gasteiger partial charge in [-0.1, -0.05) is 24.3 Å². The van der Waals surface area contributed by atoms with Crippen LogP contribution in [0.15, 0.2) is 64.5 Å². The second-order valence-corrected chi connectivity index (χ2v) is 7.15. The highest BCUT2D eigenvalue weighted by Gasteiger charge is 2.25. The molecule has 0 amide bonds. The van der Waals surface area contributed by atoms with Crippen molar-refractivity contribution in [3.8, 4) is 22.6 Å². The minimum Gasteiger partial charge on any atom is -0.370 e. The van der Waals surface area contributed by atoms with Crippen LogP contribution in [0.1, 0.15) is 11.7 Å². The van der Waals surface area contributed by atoms with Crippen LogP contribution in [0.5, 0.6) is 0 Å². The van der Waals surface area contributed by atoms with Gasteiger partial charge in [0.05, 0.1) is 24.5 Å². The Morgan fingerprint density at radius 2 is 1.97 bits per heavy atom. The minimum absolute atomic E-state index is 0.146. The van der Waals surface area contributed by atoms with Crippen LogP contribution < -0.4 is 10.5 Å². The molecule has 10 heteroatoms.